The maximum absolute atomic E-state index is 12.2. The van der Waals surface area contributed by atoms with E-state index in [0.717, 1.165) is 27.8 Å². The van der Waals surface area contributed by atoms with Gasteiger partial charge in [0.1, 0.15) is 0 Å². The van der Waals surface area contributed by atoms with Crippen molar-refractivity contribution in [2.45, 2.75) is 47.2 Å². The van der Waals surface area contributed by atoms with Crippen molar-refractivity contribution in [3.8, 4) is 17.3 Å². The minimum absolute atomic E-state index is 0.210. The zero-order valence-electron chi connectivity index (χ0n) is 15.8. The largest absolute Gasteiger partial charge is 0.466 e. The van der Waals surface area contributed by atoms with Gasteiger partial charge in [-0.2, -0.15) is 5.26 Å². The van der Waals surface area contributed by atoms with Crippen LogP contribution in [0.3, 0.4) is 0 Å². The van der Waals surface area contributed by atoms with Gasteiger partial charge < -0.3 is 9.64 Å². The van der Waals surface area contributed by atoms with Crippen molar-refractivity contribution in [1.82, 2.24) is 4.90 Å². The van der Waals surface area contributed by atoms with Crippen LogP contribution < -0.4 is 0 Å². The van der Waals surface area contributed by atoms with Crippen LogP contribution >= 0.6 is 0 Å². The van der Waals surface area contributed by atoms with E-state index >= 15 is 0 Å². The van der Waals surface area contributed by atoms with E-state index in [-0.39, 0.29) is 12.4 Å². The average molecular weight is 348 g/mol. The van der Waals surface area contributed by atoms with Crippen molar-refractivity contribution in [2.24, 2.45) is 0 Å². The van der Waals surface area contributed by atoms with Crippen molar-refractivity contribution in [3.05, 3.63) is 57.6 Å². The second-order valence-corrected chi connectivity index (χ2v) is 6.86. The van der Waals surface area contributed by atoms with Crippen LogP contribution in [0.2, 0.25) is 0 Å². The van der Waals surface area contributed by atoms with Gasteiger partial charge in [0.05, 0.1) is 26.1 Å². The third-order valence-electron chi connectivity index (χ3n) is 5.21. The summed E-state index contributed by atoms with van der Waals surface area (Å²) < 4.78 is 5.21. The van der Waals surface area contributed by atoms with Crippen LogP contribution in [0.5, 0.6) is 0 Å². The second-order valence-electron chi connectivity index (χ2n) is 6.86. The first-order valence-corrected chi connectivity index (χ1v) is 8.97. The Bertz CT molecular complexity index is 892. The highest BCUT2D eigenvalue weighted by atomic mass is 16.5. The fourth-order valence-electron chi connectivity index (χ4n) is 3.82. The van der Waals surface area contributed by atoms with Gasteiger partial charge in [-0.05, 0) is 66.6 Å². The summed E-state index contributed by atoms with van der Waals surface area (Å²) in [6.45, 7) is 9.68. The summed E-state index contributed by atoms with van der Waals surface area (Å²) in [6.07, 6.45) is 2.51. The molecule has 4 heteroatoms. The molecule has 0 amide bonds. The summed E-state index contributed by atoms with van der Waals surface area (Å²) in [5.41, 5.74) is 9.09. The van der Waals surface area contributed by atoms with Gasteiger partial charge in [0, 0.05) is 0 Å². The van der Waals surface area contributed by atoms with Crippen LogP contribution in [0.4, 0.5) is 0 Å². The molecule has 0 spiro atoms. The molecule has 4 nitrogen and oxygen atoms in total. The Morgan fingerprint density at radius 2 is 1.73 bits per heavy atom. The molecule has 0 saturated heterocycles. The number of nitriles is 1. The summed E-state index contributed by atoms with van der Waals surface area (Å²) in [4.78, 5) is 14.0. The van der Waals surface area contributed by atoms with Crippen molar-refractivity contribution in [2.75, 3.05) is 6.61 Å². The fraction of sp³-hybridized carbons (Fsp3) is 0.364. The number of carbonyl (C=O) groups excluding carboxylic acids is 1. The lowest BCUT2D eigenvalue weighted by Gasteiger charge is -2.20. The Hall–Kier alpha value is -2.80. The fourth-order valence-corrected chi connectivity index (χ4v) is 3.82. The molecule has 2 aromatic carbocycles. The molecule has 1 heterocycles. The number of rotatable bonds is 4. The third kappa shape index (κ3) is 3.17. The molecule has 0 aromatic heterocycles. The molecule has 3 rings (SSSR count). The van der Waals surface area contributed by atoms with E-state index in [0.29, 0.717) is 19.7 Å². The summed E-state index contributed by atoms with van der Waals surface area (Å²) in [7, 11) is 0. The molecule has 1 aliphatic heterocycles. The van der Waals surface area contributed by atoms with Crippen molar-refractivity contribution < 1.29 is 9.53 Å². The molecule has 26 heavy (non-hydrogen) atoms. The van der Waals surface area contributed by atoms with E-state index in [9.17, 15) is 10.1 Å². The van der Waals surface area contributed by atoms with Gasteiger partial charge in [-0.25, -0.2) is 0 Å². The number of hydrogen-bond acceptors (Lipinski definition) is 4. The van der Waals surface area contributed by atoms with Crippen molar-refractivity contribution in [1.29, 1.82) is 5.26 Å². The topological polar surface area (TPSA) is 53.3 Å². The quantitative estimate of drug-likeness (QED) is 0.614. The Labute approximate surface area is 155 Å². The summed E-state index contributed by atoms with van der Waals surface area (Å²) in [6, 6.07) is 8.39. The highest BCUT2D eigenvalue weighted by molar-refractivity contribution is 5.82. The molecule has 0 fully saturated rings. The standard InChI is InChI=1S/C22H24N2O2/c1-5-26-21(25)10-18-15(3)19-11-24(13-23)12-20(19)16(4)22(18)17-8-6-14(2)7-9-17/h6-9H,5,10-12H2,1-4H3. The molecule has 0 saturated carbocycles. The molecule has 0 bridgehead atoms. The third-order valence-corrected chi connectivity index (χ3v) is 5.21. The van der Waals surface area contributed by atoms with Crippen LogP contribution in [-0.2, 0) is 29.0 Å². The minimum atomic E-state index is -0.210. The highest BCUT2D eigenvalue weighted by Gasteiger charge is 2.27. The SMILES string of the molecule is CCOC(=O)Cc1c(C)c2c(c(C)c1-c1ccc(C)cc1)CN(C#N)C2. The zero-order chi connectivity index (χ0) is 18.8. The smallest absolute Gasteiger partial charge is 0.310 e. The lowest BCUT2D eigenvalue weighted by molar-refractivity contribution is -0.142. The van der Waals surface area contributed by atoms with Gasteiger partial charge in [-0.15, -0.1) is 0 Å². The molecular weight excluding hydrogens is 324 g/mol. The van der Waals surface area contributed by atoms with E-state index in [4.69, 9.17) is 4.74 Å². The van der Waals surface area contributed by atoms with Gasteiger partial charge in [-0.1, -0.05) is 29.8 Å². The summed E-state index contributed by atoms with van der Waals surface area (Å²) in [5, 5.41) is 9.32. The molecule has 1 aliphatic rings. The molecule has 2 aromatic rings. The lowest BCUT2D eigenvalue weighted by atomic mass is 9.84. The van der Waals surface area contributed by atoms with Crippen molar-refractivity contribution in [3.63, 3.8) is 0 Å². The number of fused-ring (bicyclic) bond motifs is 1. The van der Waals surface area contributed by atoms with E-state index in [1.807, 2.05) is 6.92 Å². The number of esters is 1. The highest BCUT2D eigenvalue weighted by Crippen LogP contribution is 2.39. The van der Waals surface area contributed by atoms with Crippen LogP contribution in [0, 0.1) is 32.2 Å². The number of aryl methyl sites for hydroxylation is 1. The van der Waals surface area contributed by atoms with E-state index in [1.165, 1.54) is 16.7 Å². The molecule has 134 valence electrons. The summed E-state index contributed by atoms with van der Waals surface area (Å²) in [5.74, 6) is -0.210. The Morgan fingerprint density at radius 3 is 2.31 bits per heavy atom. The zero-order valence-corrected chi connectivity index (χ0v) is 15.8. The van der Waals surface area contributed by atoms with Gasteiger partial charge in [-0.3, -0.25) is 4.79 Å². The predicted molar refractivity (Wildman–Crippen MR) is 101 cm³/mol. The van der Waals surface area contributed by atoms with Gasteiger partial charge >= 0.3 is 5.97 Å². The molecular formula is C22H24N2O2. The Kier molecular flexibility index (Phi) is 4.99. The number of carbonyl (C=O) groups is 1. The first-order valence-electron chi connectivity index (χ1n) is 8.97. The summed E-state index contributed by atoms with van der Waals surface area (Å²) >= 11 is 0. The predicted octanol–water partition coefficient (Wildman–Crippen LogP) is 4.18. The monoisotopic (exact) mass is 348 g/mol. The van der Waals surface area contributed by atoms with Gasteiger partial charge in [0.25, 0.3) is 0 Å². The average Bonchev–Trinajstić information content (AvgIpc) is 3.06. The maximum atomic E-state index is 12.2. The first-order chi connectivity index (χ1) is 12.5. The maximum Gasteiger partial charge on any atom is 0.310 e. The lowest BCUT2D eigenvalue weighted by Crippen LogP contribution is -2.12. The van der Waals surface area contributed by atoms with Crippen molar-refractivity contribution >= 4 is 5.97 Å². The first kappa shape index (κ1) is 18.0. The number of nitrogens with zero attached hydrogens (tertiary/aromatic N) is 2. The number of benzene rings is 2. The molecule has 0 aliphatic carbocycles. The second kappa shape index (κ2) is 7.21. The van der Waals surface area contributed by atoms with E-state index in [1.54, 1.807) is 4.90 Å². The normalized spacial score (nSPS) is 12.7. The number of ether oxygens (including phenoxy) is 1. The molecule has 0 atom stereocenters. The Morgan fingerprint density at radius 1 is 1.12 bits per heavy atom. The van der Waals surface area contributed by atoms with Crippen LogP contribution in [0.15, 0.2) is 24.3 Å². The number of hydrogen-bond donors (Lipinski definition) is 0. The minimum Gasteiger partial charge on any atom is -0.466 e. The van der Waals surface area contributed by atoms with Crippen LogP contribution in [0.25, 0.3) is 11.1 Å². The van der Waals surface area contributed by atoms with E-state index in [2.05, 4.69) is 51.2 Å². The molecule has 0 N–H and O–H groups in total. The van der Waals surface area contributed by atoms with Crippen LogP contribution in [0.1, 0.15) is 40.3 Å². The van der Waals surface area contributed by atoms with Gasteiger partial charge in [0.15, 0.2) is 6.19 Å². The Balaban J connectivity index is 2.20. The molecule has 0 unspecified atom stereocenters. The van der Waals surface area contributed by atoms with Crippen LogP contribution in [-0.4, -0.2) is 17.5 Å². The molecule has 0 radical (unpaired) electrons. The van der Waals surface area contributed by atoms with E-state index < -0.39 is 0 Å². The van der Waals surface area contributed by atoms with Gasteiger partial charge in [0.2, 0.25) is 0 Å².